The zero-order valence-electron chi connectivity index (χ0n) is 19.4. The van der Waals surface area contributed by atoms with Gasteiger partial charge in [-0.05, 0) is 42.9 Å². The first-order valence-corrected chi connectivity index (χ1v) is 11.1. The van der Waals surface area contributed by atoms with Crippen molar-refractivity contribution in [1.82, 2.24) is 20.4 Å². The summed E-state index contributed by atoms with van der Waals surface area (Å²) in [6.45, 7) is 6.94. The van der Waals surface area contributed by atoms with Crippen LogP contribution in [-0.2, 0) is 16.0 Å². The van der Waals surface area contributed by atoms with Crippen molar-refractivity contribution < 1.29 is 23.9 Å². The number of carbonyl (C=O) groups excluding carboxylic acids is 3. The molecule has 176 valence electrons. The lowest BCUT2D eigenvalue weighted by molar-refractivity contribution is -0.136. The third-order valence-electron chi connectivity index (χ3n) is 6.06. The maximum absolute atomic E-state index is 13.0. The summed E-state index contributed by atoms with van der Waals surface area (Å²) >= 11 is 0. The summed E-state index contributed by atoms with van der Waals surface area (Å²) < 4.78 is 10.5. The molecule has 2 aliphatic rings. The van der Waals surface area contributed by atoms with Gasteiger partial charge in [-0.25, -0.2) is 4.79 Å². The molecule has 0 radical (unpaired) electrons. The second-order valence-electron chi connectivity index (χ2n) is 8.89. The summed E-state index contributed by atoms with van der Waals surface area (Å²) in [5.74, 6) is 1.17. The number of likely N-dealkylation sites (tertiary alicyclic amines) is 1. The summed E-state index contributed by atoms with van der Waals surface area (Å²) in [5, 5.41) is 5.65. The molecule has 9 nitrogen and oxygen atoms in total. The van der Waals surface area contributed by atoms with Gasteiger partial charge in [0.2, 0.25) is 5.91 Å². The summed E-state index contributed by atoms with van der Waals surface area (Å²) in [6, 6.07) is 5.09. The van der Waals surface area contributed by atoms with Gasteiger partial charge in [-0.3, -0.25) is 14.5 Å². The molecule has 0 bridgehead atoms. The minimum Gasteiger partial charge on any atom is -0.493 e. The summed E-state index contributed by atoms with van der Waals surface area (Å²) in [6.07, 6.45) is 1.73. The number of imide groups is 1. The van der Waals surface area contributed by atoms with Gasteiger partial charge >= 0.3 is 6.03 Å². The van der Waals surface area contributed by atoms with Crippen LogP contribution in [0.25, 0.3) is 0 Å². The molecule has 2 fully saturated rings. The molecule has 1 spiro atoms. The monoisotopic (exact) mass is 446 g/mol. The molecule has 1 aromatic rings. The van der Waals surface area contributed by atoms with Crippen molar-refractivity contribution in [2.75, 3.05) is 46.9 Å². The Morgan fingerprint density at radius 3 is 2.47 bits per heavy atom. The molecule has 0 aromatic heterocycles. The molecule has 32 heavy (non-hydrogen) atoms. The van der Waals surface area contributed by atoms with Gasteiger partial charge in [-0.15, -0.1) is 0 Å². The van der Waals surface area contributed by atoms with Crippen LogP contribution >= 0.6 is 0 Å². The highest BCUT2D eigenvalue weighted by molar-refractivity contribution is 6.09. The number of rotatable bonds is 9. The first-order chi connectivity index (χ1) is 15.3. The third-order valence-corrected chi connectivity index (χ3v) is 6.06. The topological polar surface area (TPSA) is 100 Å². The van der Waals surface area contributed by atoms with Crippen LogP contribution in [-0.4, -0.2) is 80.1 Å². The van der Waals surface area contributed by atoms with Crippen molar-refractivity contribution in [1.29, 1.82) is 0 Å². The van der Waals surface area contributed by atoms with E-state index in [1.807, 2.05) is 18.2 Å². The van der Waals surface area contributed by atoms with Crippen LogP contribution in [0, 0.1) is 5.92 Å². The first kappa shape index (κ1) is 23.8. The highest BCUT2D eigenvalue weighted by Gasteiger charge is 2.52. The fraction of sp³-hybridized carbons (Fsp3) is 0.609. The van der Waals surface area contributed by atoms with E-state index in [-0.39, 0.29) is 18.4 Å². The maximum Gasteiger partial charge on any atom is 0.325 e. The van der Waals surface area contributed by atoms with E-state index in [0.29, 0.717) is 43.2 Å². The number of carbonyl (C=O) groups is 3. The van der Waals surface area contributed by atoms with E-state index in [2.05, 4.69) is 29.4 Å². The molecule has 0 unspecified atom stereocenters. The SMILES string of the molecule is COc1ccc(CCNC(=O)CN2C(=O)NC3(CCN(CC(C)C)CC3)C2=O)cc1OC. The lowest BCUT2D eigenvalue weighted by Gasteiger charge is -2.37. The Labute approximate surface area is 189 Å². The van der Waals surface area contributed by atoms with E-state index in [9.17, 15) is 14.4 Å². The van der Waals surface area contributed by atoms with Gasteiger partial charge in [0, 0.05) is 26.2 Å². The molecule has 2 N–H and O–H groups in total. The van der Waals surface area contributed by atoms with E-state index < -0.39 is 11.6 Å². The van der Waals surface area contributed by atoms with E-state index in [0.717, 1.165) is 30.1 Å². The van der Waals surface area contributed by atoms with Gasteiger partial charge in [0.1, 0.15) is 12.1 Å². The van der Waals surface area contributed by atoms with Gasteiger partial charge < -0.3 is 25.0 Å². The number of nitrogens with one attached hydrogen (secondary N) is 2. The minimum absolute atomic E-state index is 0.270. The van der Waals surface area contributed by atoms with Crippen molar-refractivity contribution >= 4 is 17.8 Å². The van der Waals surface area contributed by atoms with Crippen molar-refractivity contribution in [2.24, 2.45) is 5.92 Å². The average Bonchev–Trinajstić information content (AvgIpc) is 2.99. The Morgan fingerprint density at radius 2 is 1.84 bits per heavy atom. The largest absolute Gasteiger partial charge is 0.493 e. The van der Waals surface area contributed by atoms with Crippen LogP contribution in [0.15, 0.2) is 18.2 Å². The predicted molar refractivity (Wildman–Crippen MR) is 120 cm³/mol. The second kappa shape index (κ2) is 10.2. The smallest absolute Gasteiger partial charge is 0.325 e. The number of hydrogen-bond acceptors (Lipinski definition) is 6. The summed E-state index contributed by atoms with van der Waals surface area (Å²) in [4.78, 5) is 41.2. The summed E-state index contributed by atoms with van der Waals surface area (Å²) in [7, 11) is 3.15. The van der Waals surface area contributed by atoms with Crippen LogP contribution in [0.4, 0.5) is 4.79 Å². The van der Waals surface area contributed by atoms with E-state index in [1.54, 1.807) is 14.2 Å². The van der Waals surface area contributed by atoms with Crippen molar-refractivity contribution in [2.45, 2.75) is 38.6 Å². The lowest BCUT2D eigenvalue weighted by atomic mass is 9.87. The molecule has 4 amide bonds. The zero-order chi connectivity index (χ0) is 23.3. The van der Waals surface area contributed by atoms with E-state index >= 15 is 0 Å². The molecule has 3 rings (SSSR count). The van der Waals surface area contributed by atoms with Crippen LogP contribution < -0.4 is 20.1 Å². The first-order valence-electron chi connectivity index (χ1n) is 11.1. The standard InChI is InChI=1S/C23H34N4O5/c1-16(2)14-26-11-8-23(9-12-26)21(29)27(22(30)25-23)15-20(28)24-10-7-17-5-6-18(31-3)19(13-17)32-4/h5-6,13,16H,7-12,14-15H2,1-4H3,(H,24,28)(H,25,30). The molecule has 2 saturated heterocycles. The number of methoxy groups -OCH3 is 2. The zero-order valence-corrected chi connectivity index (χ0v) is 19.4. The van der Waals surface area contributed by atoms with Gasteiger partial charge in [0.25, 0.3) is 5.91 Å². The van der Waals surface area contributed by atoms with Crippen LogP contribution in [0.3, 0.4) is 0 Å². The molecule has 0 aliphatic carbocycles. The number of hydrogen-bond donors (Lipinski definition) is 2. The molecule has 9 heteroatoms. The molecule has 0 atom stereocenters. The molecule has 2 heterocycles. The molecular formula is C23H34N4O5. The van der Waals surface area contributed by atoms with Gasteiger partial charge in [-0.1, -0.05) is 19.9 Å². The van der Waals surface area contributed by atoms with Crippen molar-refractivity contribution in [3.05, 3.63) is 23.8 Å². The van der Waals surface area contributed by atoms with Crippen LogP contribution in [0.5, 0.6) is 11.5 Å². The number of piperidine rings is 1. The Kier molecular flexibility index (Phi) is 7.60. The number of urea groups is 1. The number of benzene rings is 1. The van der Waals surface area contributed by atoms with Gasteiger partial charge in [-0.2, -0.15) is 0 Å². The van der Waals surface area contributed by atoms with E-state index in [4.69, 9.17) is 9.47 Å². The minimum atomic E-state index is -0.871. The normalized spacial score (nSPS) is 18.2. The number of ether oxygens (including phenoxy) is 2. The quantitative estimate of drug-likeness (QED) is 0.557. The van der Waals surface area contributed by atoms with Crippen molar-refractivity contribution in [3.8, 4) is 11.5 Å². The predicted octanol–water partition coefficient (Wildman–Crippen LogP) is 1.40. The Balaban J connectivity index is 1.49. The van der Waals surface area contributed by atoms with Gasteiger partial charge in [0.15, 0.2) is 11.5 Å². The van der Waals surface area contributed by atoms with Crippen LogP contribution in [0.1, 0.15) is 32.3 Å². The summed E-state index contributed by atoms with van der Waals surface area (Å²) in [5.41, 5.74) is 0.106. The Bertz CT molecular complexity index is 849. The molecule has 0 saturated carbocycles. The van der Waals surface area contributed by atoms with Crippen LogP contribution in [0.2, 0.25) is 0 Å². The lowest BCUT2D eigenvalue weighted by Crippen LogP contribution is -2.55. The van der Waals surface area contributed by atoms with Crippen molar-refractivity contribution in [3.63, 3.8) is 0 Å². The highest BCUT2D eigenvalue weighted by Crippen LogP contribution is 2.30. The fourth-order valence-electron chi connectivity index (χ4n) is 4.37. The maximum atomic E-state index is 13.0. The molecular weight excluding hydrogens is 412 g/mol. The molecule has 2 aliphatic heterocycles. The number of amides is 4. The number of nitrogens with zero attached hydrogens (tertiary/aromatic N) is 2. The Morgan fingerprint density at radius 1 is 1.16 bits per heavy atom. The average molecular weight is 447 g/mol. The highest BCUT2D eigenvalue weighted by atomic mass is 16.5. The Hall–Kier alpha value is -2.81. The second-order valence-corrected chi connectivity index (χ2v) is 8.89. The molecule has 1 aromatic carbocycles. The van der Waals surface area contributed by atoms with E-state index in [1.165, 1.54) is 0 Å². The fourth-order valence-corrected chi connectivity index (χ4v) is 4.37. The third kappa shape index (κ3) is 5.32. The van der Waals surface area contributed by atoms with Gasteiger partial charge in [0.05, 0.1) is 14.2 Å².